The summed E-state index contributed by atoms with van der Waals surface area (Å²) in [4.78, 5) is 8.72. The van der Waals surface area contributed by atoms with Gasteiger partial charge in [-0.15, -0.1) is 23.7 Å². The number of rotatable bonds is 2. The Labute approximate surface area is 109 Å². The average Bonchev–Trinajstić information content (AvgIpc) is 2.64. The minimum Gasteiger partial charge on any atom is -0.347 e. The Balaban J connectivity index is 0.00000128. The summed E-state index contributed by atoms with van der Waals surface area (Å²) in [6.07, 6.45) is 1.94. The van der Waals surface area contributed by atoms with E-state index in [1.54, 1.807) is 11.3 Å². The monoisotopic (exact) mass is 274 g/mol. The second kappa shape index (κ2) is 6.09. The Kier molecular flexibility index (Phi) is 5.06. The van der Waals surface area contributed by atoms with E-state index < -0.39 is 0 Å². The number of hydrogen-bond donors (Lipinski definition) is 1. The third-order valence-corrected chi connectivity index (χ3v) is 3.20. The van der Waals surface area contributed by atoms with Gasteiger partial charge in [-0.3, -0.25) is 4.99 Å². The summed E-state index contributed by atoms with van der Waals surface area (Å²) >= 11 is 7.40. The Morgan fingerprint density at radius 2 is 2.12 bits per heavy atom. The van der Waals surface area contributed by atoms with Crippen molar-refractivity contribution in [3.63, 3.8) is 0 Å². The molecule has 2 heterocycles. The Bertz CT molecular complexity index is 496. The third kappa shape index (κ3) is 3.67. The first-order chi connectivity index (χ1) is 7.24. The second-order valence-corrected chi connectivity index (χ2v) is 5.07. The number of pyridine rings is 1. The Morgan fingerprint density at radius 1 is 1.31 bits per heavy atom. The number of nitrogens with zero attached hydrogens (tertiary/aromatic N) is 1. The normalized spacial score (nSPS) is 11.2. The van der Waals surface area contributed by atoms with Crippen molar-refractivity contribution in [3.05, 3.63) is 50.7 Å². The molecule has 16 heavy (non-hydrogen) atoms. The highest BCUT2D eigenvalue weighted by molar-refractivity contribution is 7.16. The zero-order chi connectivity index (χ0) is 10.7. The molecule has 0 bridgehead atoms. The maximum Gasteiger partial charge on any atom is 0.125 e. The van der Waals surface area contributed by atoms with Crippen LogP contribution in [-0.2, 0) is 6.54 Å². The molecule has 5 heteroatoms. The van der Waals surface area contributed by atoms with Gasteiger partial charge in [0.15, 0.2) is 0 Å². The number of hydrogen-bond acceptors (Lipinski definition) is 2. The smallest absolute Gasteiger partial charge is 0.125 e. The van der Waals surface area contributed by atoms with Gasteiger partial charge in [0.05, 0.1) is 10.9 Å². The number of thiophene rings is 1. The van der Waals surface area contributed by atoms with Crippen LogP contribution in [0.2, 0.25) is 4.34 Å². The molecule has 2 aromatic rings. The number of aromatic amines is 1. The van der Waals surface area contributed by atoms with E-state index in [2.05, 4.69) is 9.98 Å². The molecule has 86 valence electrons. The predicted molar refractivity (Wildman–Crippen MR) is 71.4 cm³/mol. The third-order valence-electron chi connectivity index (χ3n) is 1.99. The summed E-state index contributed by atoms with van der Waals surface area (Å²) in [6.45, 7) is 2.72. The van der Waals surface area contributed by atoms with E-state index >= 15 is 0 Å². The lowest BCUT2D eigenvalue weighted by molar-refractivity contribution is 0.977. The van der Waals surface area contributed by atoms with Gasteiger partial charge in [-0.1, -0.05) is 17.7 Å². The van der Waals surface area contributed by atoms with Crippen molar-refractivity contribution in [1.82, 2.24) is 4.98 Å². The van der Waals surface area contributed by atoms with Crippen LogP contribution in [0.5, 0.6) is 0 Å². The van der Waals surface area contributed by atoms with E-state index in [-0.39, 0.29) is 12.4 Å². The molecule has 0 atom stereocenters. The van der Waals surface area contributed by atoms with Gasteiger partial charge in [-0.2, -0.15) is 0 Å². The molecule has 0 spiro atoms. The molecular formula is C11H12Cl2N2S. The number of nitrogens with one attached hydrogen (secondary N) is 1. The zero-order valence-electron chi connectivity index (χ0n) is 8.74. The number of halogens is 2. The van der Waals surface area contributed by atoms with E-state index in [4.69, 9.17) is 11.6 Å². The van der Waals surface area contributed by atoms with Gasteiger partial charge in [0.1, 0.15) is 5.49 Å². The van der Waals surface area contributed by atoms with Crippen LogP contribution in [0.3, 0.4) is 0 Å². The average molecular weight is 275 g/mol. The standard InChI is InChI=1S/C11H11ClN2S.ClH/c1-8-2-5-11(13-6-8)14-7-9-3-4-10(12)15-9;/h2-6H,7H2,1H3,(H,13,14);1H. The van der Waals surface area contributed by atoms with Crippen LogP contribution in [0.15, 0.2) is 35.5 Å². The maximum atomic E-state index is 5.83. The second-order valence-electron chi connectivity index (χ2n) is 3.27. The van der Waals surface area contributed by atoms with Gasteiger partial charge in [0.2, 0.25) is 0 Å². The van der Waals surface area contributed by atoms with Gasteiger partial charge in [-0.25, -0.2) is 0 Å². The molecule has 0 amide bonds. The molecule has 2 nitrogen and oxygen atoms in total. The van der Waals surface area contributed by atoms with Crippen molar-refractivity contribution >= 4 is 35.3 Å². The summed E-state index contributed by atoms with van der Waals surface area (Å²) in [6, 6.07) is 7.92. The topological polar surface area (TPSA) is 28.1 Å². The fourth-order valence-corrected chi connectivity index (χ4v) is 2.20. The lowest BCUT2D eigenvalue weighted by Gasteiger charge is -1.92. The van der Waals surface area contributed by atoms with Crippen molar-refractivity contribution in [2.45, 2.75) is 13.5 Å². The Hall–Kier alpha value is -0.770. The molecule has 0 aliphatic heterocycles. The summed E-state index contributed by atoms with van der Waals surface area (Å²) < 4.78 is 0.813. The minimum absolute atomic E-state index is 0. The van der Waals surface area contributed by atoms with E-state index in [0.717, 1.165) is 9.82 Å². The van der Waals surface area contributed by atoms with Crippen LogP contribution < -0.4 is 5.49 Å². The number of aromatic nitrogens is 1. The molecular weight excluding hydrogens is 263 g/mol. The minimum atomic E-state index is 0. The SMILES string of the molecule is Cc1ccc(=NCc2ccc(Cl)s2)[nH]c1.Cl. The highest BCUT2D eigenvalue weighted by Crippen LogP contribution is 2.21. The van der Waals surface area contributed by atoms with Crippen molar-refractivity contribution in [2.24, 2.45) is 4.99 Å². The van der Waals surface area contributed by atoms with Gasteiger partial charge in [0.25, 0.3) is 0 Å². The van der Waals surface area contributed by atoms with E-state index in [0.29, 0.717) is 6.54 Å². The molecule has 0 unspecified atom stereocenters. The molecule has 0 saturated carbocycles. The van der Waals surface area contributed by atoms with Crippen LogP contribution in [0.4, 0.5) is 0 Å². The van der Waals surface area contributed by atoms with Gasteiger partial charge < -0.3 is 4.98 Å². The van der Waals surface area contributed by atoms with Crippen molar-refractivity contribution in [2.75, 3.05) is 0 Å². The van der Waals surface area contributed by atoms with Crippen molar-refractivity contribution in [3.8, 4) is 0 Å². The summed E-state index contributed by atoms with van der Waals surface area (Å²) in [5.74, 6) is 0. The fraction of sp³-hybridized carbons (Fsp3) is 0.182. The summed E-state index contributed by atoms with van der Waals surface area (Å²) in [7, 11) is 0. The summed E-state index contributed by atoms with van der Waals surface area (Å²) in [5, 5.41) is 0. The van der Waals surface area contributed by atoms with Crippen LogP contribution in [0.1, 0.15) is 10.4 Å². The molecule has 0 aliphatic rings. The molecule has 0 aromatic carbocycles. The highest BCUT2D eigenvalue weighted by Gasteiger charge is 1.95. The summed E-state index contributed by atoms with van der Waals surface area (Å²) in [5.41, 5.74) is 2.10. The first kappa shape index (κ1) is 13.3. The number of aryl methyl sites for hydroxylation is 1. The number of H-pyrrole nitrogens is 1. The lowest BCUT2D eigenvalue weighted by atomic mass is 10.3. The maximum absolute atomic E-state index is 5.83. The van der Waals surface area contributed by atoms with Gasteiger partial charge >= 0.3 is 0 Å². The molecule has 2 aromatic heterocycles. The van der Waals surface area contributed by atoms with E-state index in [1.807, 2.05) is 37.4 Å². The largest absolute Gasteiger partial charge is 0.347 e. The molecule has 0 fully saturated rings. The van der Waals surface area contributed by atoms with Crippen LogP contribution in [0, 0.1) is 6.92 Å². The lowest BCUT2D eigenvalue weighted by Crippen LogP contribution is -2.05. The van der Waals surface area contributed by atoms with E-state index in [1.165, 1.54) is 10.4 Å². The van der Waals surface area contributed by atoms with Crippen molar-refractivity contribution < 1.29 is 0 Å². The predicted octanol–water partition coefficient (Wildman–Crippen LogP) is 3.56. The molecule has 1 N–H and O–H groups in total. The highest BCUT2D eigenvalue weighted by atomic mass is 35.5. The first-order valence-corrected chi connectivity index (χ1v) is 5.83. The van der Waals surface area contributed by atoms with Gasteiger partial charge in [-0.05, 0) is 30.7 Å². The molecule has 0 saturated heterocycles. The van der Waals surface area contributed by atoms with Crippen LogP contribution in [0.25, 0.3) is 0 Å². The zero-order valence-corrected chi connectivity index (χ0v) is 11.1. The molecule has 2 rings (SSSR count). The van der Waals surface area contributed by atoms with Crippen LogP contribution in [-0.4, -0.2) is 4.98 Å². The quantitative estimate of drug-likeness (QED) is 0.868. The first-order valence-electron chi connectivity index (χ1n) is 4.64. The Morgan fingerprint density at radius 3 is 2.69 bits per heavy atom. The molecule has 0 aliphatic carbocycles. The fourth-order valence-electron chi connectivity index (χ4n) is 1.19. The van der Waals surface area contributed by atoms with E-state index in [9.17, 15) is 0 Å². The van der Waals surface area contributed by atoms with Crippen LogP contribution >= 0.6 is 35.3 Å². The molecule has 0 radical (unpaired) electrons. The van der Waals surface area contributed by atoms with Gasteiger partial charge in [0, 0.05) is 11.1 Å². The van der Waals surface area contributed by atoms with Crippen molar-refractivity contribution in [1.29, 1.82) is 0 Å².